The Kier molecular flexibility index (Phi) is 7.36. The van der Waals surface area contributed by atoms with Gasteiger partial charge in [-0.1, -0.05) is 158 Å². The van der Waals surface area contributed by atoms with E-state index in [1.54, 1.807) is 0 Å². The molecule has 0 N–H and O–H groups in total. The number of hydrogen-bond donors (Lipinski definition) is 0. The first-order chi connectivity index (χ1) is 27.6. The van der Waals surface area contributed by atoms with Crippen LogP contribution in [0.25, 0.3) is 71.3 Å². The topological polar surface area (TPSA) is 29.6 Å². The lowest BCUT2D eigenvalue weighted by atomic mass is 9.79. The third kappa shape index (κ3) is 5.20. The molecule has 11 rings (SSSR count). The molecule has 1 aliphatic carbocycles. The molecule has 56 heavy (non-hydrogen) atoms. The molecule has 1 unspecified atom stereocenters. The number of fused-ring (bicyclic) bond motifs is 8. The zero-order valence-electron chi connectivity index (χ0n) is 31.0. The normalized spacial score (nSPS) is 16.6. The minimum Gasteiger partial charge on any atom is -0.309 e. The van der Waals surface area contributed by atoms with Gasteiger partial charge in [-0.3, -0.25) is 4.99 Å². The number of hydrogen-bond acceptors (Lipinski definition) is 2. The Balaban J connectivity index is 0.979. The molecular formula is C53H37N3. The maximum atomic E-state index is 5.34. The fourth-order valence-corrected chi connectivity index (χ4v) is 8.86. The van der Waals surface area contributed by atoms with E-state index in [0.29, 0.717) is 0 Å². The van der Waals surface area contributed by atoms with Crippen molar-refractivity contribution in [3.63, 3.8) is 0 Å². The second-order valence-corrected chi connectivity index (χ2v) is 15.1. The molecule has 2 aliphatic rings. The smallest absolute Gasteiger partial charge is 0.156 e. The van der Waals surface area contributed by atoms with E-state index >= 15 is 0 Å². The largest absolute Gasteiger partial charge is 0.309 e. The van der Waals surface area contributed by atoms with Gasteiger partial charge in [-0.15, -0.1) is 0 Å². The Labute approximate surface area is 325 Å². The van der Waals surface area contributed by atoms with E-state index in [1.165, 1.54) is 65.6 Å². The van der Waals surface area contributed by atoms with Crippen LogP contribution >= 0.6 is 0 Å². The van der Waals surface area contributed by atoms with Gasteiger partial charge in [0, 0.05) is 33.2 Å². The second kappa shape index (κ2) is 12.8. The predicted octanol–water partition coefficient (Wildman–Crippen LogP) is 13.3. The number of aromatic nitrogens is 1. The summed E-state index contributed by atoms with van der Waals surface area (Å²) in [6, 6.07) is 63.5. The standard InChI is InChI=1S/C53H37N3/c1-53-34-10-9-17-46(53)51(41-24-22-38(23-25-41)37-20-18-36(19-21-37)35-11-3-2-4-12-35)54-52(55-53)42-26-30-43(31-27-42)56-47-32-28-39-13-5-7-15-44(39)49(47)50-45-16-8-6-14-40(45)29-33-48(50)56/h2-33H,34H2,1H3. The van der Waals surface area contributed by atoms with Gasteiger partial charge in [-0.05, 0) is 93.5 Å². The Morgan fingerprint density at radius 2 is 0.982 bits per heavy atom. The maximum Gasteiger partial charge on any atom is 0.156 e. The SMILES string of the molecule is CC12CC=CC=C1C(c1ccc(-c3ccc(-c4ccccc4)cc3)cc1)=NC(c1ccc(-n3c4ccc5ccccc5c4c4c5ccccc5ccc43)cc1)=N2. The van der Waals surface area contributed by atoms with Crippen molar-refractivity contribution in [2.45, 2.75) is 18.9 Å². The summed E-state index contributed by atoms with van der Waals surface area (Å²) in [6.07, 6.45) is 7.38. The van der Waals surface area contributed by atoms with Gasteiger partial charge in [0.15, 0.2) is 5.84 Å². The van der Waals surface area contributed by atoms with Crippen LogP contribution in [0.4, 0.5) is 0 Å². The highest BCUT2D eigenvalue weighted by molar-refractivity contribution is 6.28. The molecule has 8 aromatic carbocycles. The first-order valence-corrected chi connectivity index (χ1v) is 19.4. The molecule has 3 heteroatoms. The van der Waals surface area contributed by atoms with Gasteiger partial charge < -0.3 is 4.57 Å². The van der Waals surface area contributed by atoms with Crippen LogP contribution in [0.1, 0.15) is 24.5 Å². The highest BCUT2D eigenvalue weighted by Crippen LogP contribution is 2.41. The fraction of sp³-hybridized carbons (Fsp3) is 0.0566. The minimum atomic E-state index is -0.402. The number of benzene rings is 8. The highest BCUT2D eigenvalue weighted by atomic mass is 15.0. The highest BCUT2D eigenvalue weighted by Gasteiger charge is 2.36. The van der Waals surface area contributed by atoms with Crippen molar-refractivity contribution in [3.05, 3.63) is 211 Å². The summed E-state index contributed by atoms with van der Waals surface area (Å²) >= 11 is 0. The number of allylic oxidation sites excluding steroid dienone is 2. The van der Waals surface area contributed by atoms with E-state index < -0.39 is 5.54 Å². The van der Waals surface area contributed by atoms with Crippen molar-refractivity contribution in [1.29, 1.82) is 0 Å². The van der Waals surface area contributed by atoms with Crippen LogP contribution in [0.3, 0.4) is 0 Å². The molecule has 0 saturated heterocycles. The van der Waals surface area contributed by atoms with Gasteiger partial charge in [0.2, 0.25) is 0 Å². The van der Waals surface area contributed by atoms with Gasteiger partial charge in [0.25, 0.3) is 0 Å². The van der Waals surface area contributed by atoms with Crippen molar-refractivity contribution >= 4 is 54.9 Å². The average molecular weight is 716 g/mol. The molecule has 1 atom stereocenters. The van der Waals surface area contributed by atoms with E-state index in [0.717, 1.165) is 40.4 Å². The molecule has 1 aliphatic heterocycles. The number of amidine groups is 1. The lowest BCUT2D eigenvalue weighted by Crippen LogP contribution is -2.36. The Morgan fingerprint density at radius 1 is 0.482 bits per heavy atom. The van der Waals surface area contributed by atoms with Crippen LogP contribution in [0.15, 0.2) is 210 Å². The molecule has 264 valence electrons. The Hall–Kier alpha value is -7.10. The summed E-state index contributed by atoms with van der Waals surface area (Å²) in [4.78, 5) is 10.7. The predicted molar refractivity (Wildman–Crippen MR) is 236 cm³/mol. The molecule has 3 nitrogen and oxygen atoms in total. The van der Waals surface area contributed by atoms with Crippen LogP contribution in [-0.2, 0) is 0 Å². The van der Waals surface area contributed by atoms with E-state index in [2.05, 4.69) is 206 Å². The summed E-state index contributed by atoms with van der Waals surface area (Å²) in [5.74, 6) is 0.765. The third-order valence-electron chi connectivity index (χ3n) is 11.7. The number of nitrogens with zero attached hydrogens (tertiary/aromatic N) is 3. The monoisotopic (exact) mass is 715 g/mol. The first kappa shape index (κ1) is 32.3. The molecule has 0 bridgehead atoms. The van der Waals surface area contributed by atoms with Crippen LogP contribution in [0, 0.1) is 0 Å². The van der Waals surface area contributed by atoms with E-state index in [4.69, 9.17) is 9.98 Å². The van der Waals surface area contributed by atoms with Crippen LogP contribution < -0.4 is 0 Å². The first-order valence-electron chi connectivity index (χ1n) is 19.4. The minimum absolute atomic E-state index is 0.402. The van der Waals surface area contributed by atoms with Crippen molar-refractivity contribution in [3.8, 4) is 27.9 Å². The Bertz CT molecular complexity index is 3030. The molecular weight excluding hydrogens is 679 g/mol. The molecule has 0 saturated carbocycles. The van der Waals surface area contributed by atoms with Gasteiger partial charge in [0.1, 0.15) is 0 Å². The quantitative estimate of drug-likeness (QED) is 0.170. The molecule has 1 aromatic heterocycles. The van der Waals surface area contributed by atoms with Crippen LogP contribution in [0.5, 0.6) is 0 Å². The van der Waals surface area contributed by atoms with E-state index in [-0.39, 0.29) is 0 Å². The maximum absolute atomic E-state index is 5.34. The molecule has 2 heterocycles. The summed E-state index contributed by atoms with van der Waals surface area (Å²) in [5.41, 5.74) is 12.2. The van der Waals surface area contributed by atoms with Crippen molar-refractivity contribution in [1.82, 2.24) is 4.57 Å². The van der Waals surface area contributed by atoms with Gasteiger partial charge in [0.05, 0.1) is 22.3 Å². The molecule has 0 fully saturated rings. The van der Waals surface area contributed by atoms with Crippen molar-refractivity contribution in [2.24, 2.45) is 9.98 Å². The van der Waals surface area contributed by atoms with Crippen molar-refractivity contribution < 1.29 is 0 Å². The summed E-state index contributed by atoms with van der Waals surface area (Å²) in [5, 5.41) is 7.62. The zero-order valence-corrected chi connectivity index (χ0v) is 31.0. The number of aliphatic imine (C=N–C) groups is 2. The molecule has 0 spiro atoms. The van der Waals surface area contributed by atoms with Crippen molar-refractivity contribution in [2.75, 3.05) is 0 Å². The molecule has 9 aromatic rings. The third-order valence-corrected chi connectivity index (χ3v) is 11.7. The second-order valence-electron chi connectivity index (χ2n) is 15.1. The summed E-state index contributed by atoms with van der Waals surface area (Å²) < 4.78 is 2.41. The zero-order chi connectivity index (χ0) is 37.2. The lowest BCUT2D eigenvalue weighted by molar-refractivity contribution is 0.570. The summed E-state index contributed by atoms with van der Waals surface area (Å²) in [6.45, 7) is 2.24. The van der Waals surface area contributed by atoms with E-state index in [9.17, 15) is 0 Å². The number of rotatable bonds is 5. The van der Waals surface area contributed by atoms with Gasteiger partial charge in [-0.2, -0.15) is 0 Å². The van der Waals surface area contributed by atoms with Crippen LogP contribution in [0.2, 0.25) is 0 Å². The average Bonchev–Trinajstić information content (AvgIpc) is 3.62. The lowest BCUT2D eigenvalue weighted by Gasteiger charge is -2.34. The molecule has 0 radical (unpaired) electrons. The van der Waals surface area contributed by atoms with Gasteiger partial charge in [-0.25, -0.2) is 4.99 Å². The molecule has 0 amide bonds. The van der Waals surface area contributed by atoms with Gasteiger partial charge >= 0.3 is 0 Å². The van der Waals surface area contributed by atoms with E-state index in [1.807, 2.05) is 0 Å². The van der Waals surface area contributed by atoms with Crippen LogP contribution in [-0.4, -0.2) is 21.7 Å². The summed E-state index contributed by atoms with van der Waals surface area (Å²) in [7, 11) is 0. The fourth-order valence-electron chi connectivity index (χ4n) is 8.86. The Morgan fingerprint density at radius 3 is 1.57 bits per heavy atom.